The lowest BCUT2D eigenvalue weighted by Crippen LogP contribution is -2.20. The van der Waals surface area contributed by atoms with Crippen LogP contribution in [0.25, 0.3) is 0 Å². The van der Waals surface area contributed by atoms with Crippen LogP contribution in [0.1, 0.15) is 39.6 Å². The molecule has 0 fully saturated rings. The van der Waals surface area contributed by atoms with Crippen molar-refractivity contribution in [3.63, 3.8) is 0 Å². The molecule has 2 aromatic carbocycles. The minimum Gasteiger partial charge on any atom is -0.489 e. The molecule has 0 saturated carbocycles. The largest absolute Gasteiger partial charge is 0.489 e. The molecule has 1 unspecified atom stereocenters. The fraction of sp³-hybridized carbons (Fsp3) is 0.136. The molecule has 0 saturated heterocycles. The van der Waals surface area contributed by atoms with Crippen molar-refractivity contribution in [2.75, 3.05) is 0 Å². The fourth-order valence-corrected chi connectivity index (χ4v) is 3.56. The van der Waals surface area contributed by atoms with Gasteiger partial charge >= 0.3 is 0 Å². The summed E-state index contributed by atoms with van der Waals surface area (Å²) < 4.78 is 12.7. The molecule has 0 bridgehead atoms. The van der Waals surface area contributed by atoms with Crippen LogP contribution in [-0.4, -0.2) is 10.8 Å². The monoisotopic (exact) mass is 434 g/mol. The third-order valence-corrected chi connectivity index (χ3v) is 5.20. The van der Waals surface area contributed by atoms with Gasteiger partial charge in [0.1, 0.15) is 24.2 Å². The second kappa shape index (κ2) is 7.83. The summed E-state index contributed by atoms with van der Waals surface area (Å²) in [7, 11) is 0. The minimum absolute atomic E-state index is 0.0357. The van der Waals surface area contributed by atoms with E-state index in [9.17, 15) is 4.79 Å². The number of ether oxygens (including phenoxy) is 2. The minimum atomic E-state index is -0.369. The van der Waals surface area contributed by atoms with Gasteiger partial charge in [-0.1, -0.05) is 12.1 Å². The molecule has 1 atom stereocenters. The number of nitrogens with zero attached hydrogens (tertiary/aromatic N) is 2. The Morgan fingerprint density at radius 3 is 2.79 bits per heavy atom. The lowest BCUT2D eigenvalue weighted by Gasteiger charge is -2.26. The molecule has 3 aromatic rings. The molecule has 6 heteroatoms. The summed E-state index contributed by atoms with van der Waals surface area (Å²) in [5.74, 6) is 1.17. The summed E-state index contributed by atoms with van der Waals surface area (Å²) >= 11 is 3.47. The lowest BCUT2D eigenvalue weighted by molar-refractivity contribution is 0.0848. The number of halogens is 1. The van der Waals surface area contributed by atoms with Crippen molar-refractivity contribution in [3.05, 3.63) is 87.7 Å². The van der Waals surface area contributed by atoms with E-state index in [1.165, 1.54) is 0 Å². The van der Waals surface area contributed by atoms with Gasteiger partial charge in [-0.05, 0) is 51.8 Å². The number of hydrogen-bond donors (Lipinski definition) is 0. The average Bonchev–Trinajstić information content (AvgIpc) is 2.72. The van der Waals surface area contributed by atoms with Crippen molar-refractivity contribution in [1.29, 1.82) is 5.26 Å². The Kier molecular flexibility index (Phi) is 5.09. The van der Waals surface area contributed by atoms with Crippen molar-refractivity contribution >= 4 is 21.7 Å². The molecule has 0 amide bonds. The predicted octanol–water partition coefficient (Wildman–Crippen LogP) is 5.00. The second-order valence-corrected chi connectivity index (χ2v) is 7.24. The first-order valence-electron chi connectivity index (χ1n) is 8.69. The highest BCUT2D eigenvalue weighted by atomic mass is 79.9. The highest BCUT2D eigenvalue weighted by Crippen LogP contribution is 2.38. The SMILES string of the molecule is N#Cc1ccc(COc2ccc3c(c2)OC(c2ccncc2Br)CC3=O)cc1. The highest BCUT2D eigenvalue weighted by Gasteiger charge is 2.29. The van der Waals surface area contributed by atoms with Gasteiger partial charge in [0.15, 0.2) is 5.78 Å². The molecule has 2 heterocycles. The Morgan fingerprint density at radius 2 is 2.04 bits per heavy atom. The summed E-state index contributed by atoms with van der Waals surface area (Å²) in [6, 6.07) is 16.4. The van der Waals surface area contributed by atoms with E-state index >= 15 is 0 Å². The van der Waals surface area contributed by atoms with Crippen LogP contribution in [0.15, 0.2) is 65.4 Å². The maximum atomic E-state index is 12.6. The molecule has 4 rings (SSSR count). The predicted molar refractivity (Wildman–Crippen MR) is 106 cm³/mol. The summed E-state index contributed by atoms with van der Waals surface area (Å²) in [6.45, 7) is 0.359. The van der Waals surface area contributed by atoms with Crippen LogP contribution in [0.2, 0.25) is 0 Å². The summed E-state index contributed by atoms with van der Waals surface area (Å²) in [5.41, 5.74) is 3.01. The zero-order chi connectivity index (χ0) is 19.5. The van der Waals surface area contributed by atoms with Crippen LogP contribution >= 0.6 is 15.9 Å². The zero-order valence-corrected chi connectivity index (χ0v) is 16.3. The van der Waals surface area contributed by atoms with Crippen LogP contribution in [0.5, 0.6) is 11.5 Å². The molecule has 0 radical (unpaired) electrons. The molecule has 1 aromatic heterocycles. The van der Waals surface area contributed by atoms with Crippen LogP contribution < -0.4 is 9.47 Å². The normalized spacial score (nSPS) is 15.3. The standard InChI is InChI=1S/C22H15BrN2O3/c23-19-12-25-8-7-17(19)22-10-20(26)18-6-5-16(9-21(18)28-22)27-13-15-3-1-14(11-24)2-4-15/h1-9,12,22H,10,13H2. The van der Waals surface area contributed by atoms with Gasteiger partial charge in [-0.25, -0.2) is 0 Å². The first-order valence-corrected chi connectivity index (χ1v) is 9.48. The second-order valence-electron chi connectivity index (χ2n) is 6.39. The van der Waals surface area contributed by atoms with Crippen LogP contribution in [0, 0.1) is 11.3 Å². The fourth-order valence-electron chi connectivity index (χ4n) is 3.06. The van der Waals surface area contributed by atoms with E-state index in [0.29, 0.717) is 29.2 Å². The number of ketones is 1. The van der Waals surface area contributed by atoms with Crippen molar-refractivity contribution < 1.29 is 14.3 Å². The van der Waals surface area contributed by atoms with E-state index in [4.69, 9.17) is 14.7 Å². The van der Waals surface area contributed by atoms with Gasteiger partial charge in [-0.2, -0.15) is 5.26 Å². The van der Waals surface area contributed by atoms with Crippen LogP contribution in [-0.2, 0) is 6.61 Å². The molecular weight excluding hydrogens is 420 g/mol. The van der Waals surface area contributed by atoms with E-state index in [1.54, 1.807) is 42.7 Å². The quantitative estimate of drug-likeness (QED) is 0.577. The Bertz CT molecular complexity index is 1070. The van der Waals surface area contributed by atoms with Crippen molar-refractivity contribution in [2.24, 2.45) is 0 Å². The van der Waals surface area contributed by atoms with E-state index in [2.05, 4.69) is 27.0 Å². The Morgan fingerprint density at radius 1 is 1.21 bits per heavy atom. The molecule has 28 heavy (non-hydrogen) atoms. The lowest BCUT2D eigenvalue weighted by atomic mass is 9.97. The number of hydrogen-bond acceptors (Lipinski definition) is 5. The molecule has 0 aliphatic carbocycles. The van der Waals surface area contributed by atoms with E-state index < -0.39 is 0 Å². The van der Waals surface area contributed by atoms with Crippen molar-refractivity contribution in [2.45, 2.75) is 19.1 Å². The number of Topliss-reactive ketones (excluding diaryl/α,β-unsaturated/α-hetero) is 1. The number of carbonyl (C=O) groups excluding carboxylic acids is 1. The number of carbonyl (C=O) groups is 1. The van der Waals surface area contributed by atoms with Crippen molar-refractivity contribution in [1.82, 2.24) is 4.98 Å². The summed E-state index contributed by atoms with van der Waals surface area (Å²) in [6.07, 6.45) is 3.28. The Hall–Kier alpha value is -3.17. The van der Waals surface area contributed by atoms with E-state index in [0.717, 1.165) is 15.6 Å². The molecule has 1 aliphatic heterocycles. The summed E-state index contributed by atoms with van der Waals surface area (Å²) in [4.78, 5) is 16.6. The maximum absolute atomic E-state index is 12.6. The van der Waals surface area contributed by atoms with Crippen molar-refractivity contribution in [3.8, 4) is 17.6 Å². The highest BCUT2D eigenvalue weighted by molar-refractivity contribution is 9.10. The van der Waals surface area contributed by atoms with Gasteiger partial charge in [-0.15, -0.1) is 0 Å². The molecule has 1 aliphatic rings. The van der Waals surface area contributed by atoms with Gasteiger partial charge in [-0.3, -0.25) is 9.78 Å². The number of pyridine rings is 1. The maximum Gasteiger partial charge on any atom is 0.170 e. The number of aromatic nitrogens is 1. The Balaban J connectivity index is 1.52. The summed E-state index contributed by atoms with van der Waals surface area (Å²) in [5, 5.41) is 8.86. The number of fused-ring (bicyclic) bond motifs is 1. The van der Waals surface area contributed by atoms with Crippen LogP contribution in [0.4, 0.5) is 0 Å². The first-order chi connectivity index (χ1) is 13.6. The first kappa shape index (κ1) is 18.2. The number of nitriles is 1. The van der Waals surface area contributed by atoms with E-state index in [-0.39, 0.29) is 18.3 Å². The Labute approximate surface area is 170 Å². The zero-order valence-electron chi connectivity index (χ0n) is 14.8. The van der Waals surface area contributed by atoms with Gasteiger partial charge in [0, 0.05) is 28.5 Å². The van der Waals surface area contributed by atoms with Crippen LogP contribution in [0.3, 0.4) is 0 Å². The number of rotatable bonds is 4. The molecule has 0 N–H and O–H groups in total. The molecular formula is C22H15BrN2O3. The molecule has 0 spiro atoms. The van der Waals surface area contributed by atoms with Gasteiger partial charge in [0.2, 0.25) is 0 Å². The average molecular weight is 435 g/mol. The van der Waals surface area contributed by atoms with Gasteiger partial charge < -0.3 is 9.47 Å². The third kappa shape index (κ3) is 3.75. The smallest absolute Gasteiger partial charge is 0.170 e. The van der Waals surface area contributed by atoms with E-state index in [1.807, 2.05) is 18.2 Å². The van der Waals surface area contributed by atoms with Gasteiger partial charge in [0.25, 0.3) is 0 Å². The third-order valence-electron chi connectivity index (χ3n) is 4.53. The van der Waals surface area contributed by atoms with Gasteiger partial charge in [0.05, 0.1) is 23.6 Å². The number of benzene rings is 2. The topological polar surface area (TPSA) is 72.2 Å². The molecule has 138 valence electrons. The molecule has 5 nitrogen and oxygen atoms in total.